The molecule has 2 rings (SSSR count). The zero-order valence-corrected chi connectivity index (χ0v) is 15.7. The van der Waals surface area contributed by atoms with Crippen LogP contribution < -0.4 is 10.6 Å². The Morgan fingerprint density at radius 3 is 2.58 bits per heavy atom. The summed E-state index contributed by atoms with van der Waals surface area (Å²) in [6, 6.07) is 0. The lowest BCUT2D eigenvalue weighted by Crippen LogP contribution is -2.37. The fraction of sp³-hybridized carbons (Fsp3) is 0.833. The molecular formula is C18H33N5O. The van der Waals surface area contributed by atoms with E-state index in [1.54, 1.807) is 7.05 Å². The molecule has 6 nitrogen and oxygen atoms in total. The summed E-state index contributed by atoms with van der Waals surface area (Å²) in [4.78, 5) is 8.66. The first kappa shape index (κ1) is 18.7. The van der Waals surface area contributed by atoms with E-state index in [0.717, 1.165) is 18.4 Å². The van der Waals surface area contributed by atoms with Crippen LogP contribution in [-0.2, 0) is 12.0 Å². The quantitative estimate of drug-likeness (QED) is 0.454. The van der Waals surface area contributed by atoms with Gasteiger partial charge in [-0.2, -0.15) is 4.98 Å². The zero-order valence-electron chi connectivity index (χ0n) is 15.7. The highest BCUT2D eigenvalue weighted by Gasteiger charge is 2.21. The van der Waals surface area contributed by atoms with Crippen LogP contribution >= 0.6 is 0 Å². The van der Waals surface area contributed by atoms with Gasteiger partial charge in [-0.3, -0.25) is 4.99 Å². The molecule has 136 valence electrons. The van der Waals surface area contributed by atoms with Crippen LogP contribution in [0.5, 0.6) is 0 Å². The summed E-state index contributed by atoms with van der Waals surface area (Å²) in [5, 5.41) is 10.6. The van der Waals surface area contributed by atoms with Gasteiger partial charge in [0.2, 0.25) is 5.89 Å². The van der Waals surface area contributed by atoms with Crippen molar-refractivity contribution >= 4 is 5.96 Å². The van der Waals surface area contributed by atoms with Gasteiger partial charge in [-0.1, -0.05) is 64.5 Å². The summed E-state index contributed by atoms with van der Waals surface area (Å²) in [5.74, 6) is 3.09. The maximum atomic E-state index is 5.30. The third-order valence-electron chi connectivity index (χ3n) is 4.55. The molecule has 0 bridgehead atoms. The summed E-state index contributed by atoms with van der Waals surface area (Å²) in [5.41, 5.74) is -0.121. The van der Waals surface area contributed by atoms with E-state index in [2.05, 4.69) is 46.5 Å². The summed E-state index contributed by atoms with van der Waals surface area (Å²) in [7, 11) is 1.78. The molecule has 0 amide bonds. The van der Waals surface area contributed by atoms with Crippen molar-refractivity contribution in [2.45, 2.75) is 77.7 Å². The SMILES string of the molecule is CN=C(NCCCCC1CCCC1)NCc1noc(C(C)(C)C)n1. The molecule has 24 heavy (non-hydrogen) atoms. The number of hydrogen-bond acceptors (Lipinski definition) is 4. The van der Waals surface area contributed by atoms with Gasteiger partial charge in [-0.15, -0.1) is 0 Å². The minimum absolute atomic E-state index is 0.121. The molecule has 2 N–H and O–H groups in total. The van der Waals surface area contributed by atoms with Crippen molar-refractivity contribution in [1.29, 1.82) is 0 Å². The van der Waals surface area contributed by atoms with Crippen LogP contribution in [0.15, 0.2) is 9.52 Å². The normalized spacial score (nSPS) is 16.6. The largest absolute Gasteiger partial charge is 0.356 e. The molecule has 1 saturated carbocycles. The summed E-state index contributed by atoms with van der Waals surface area (Å²) in [6.45, 7) is 7.64. The third kappa shape index (κ3) is 6.13. The van der Waals surface area contributed by atoms with E-state index in [9.17, 15) is 0 Å². The lowest BCUT2D eigenvalue weighted by atomic mass is 9.97. The number of guanidine groups is 1. The van der Waals surface area contributed by atoms with Crippen molar-refractivity contribution in [3.63, 3.8) is 0 Å². The Morgan fingerprint density at radius 2 is 1.96 bits per heavy atom. The van der Waals surface area contributed by atoms with Crippen LogP contribution in [0.2, 0.25) is 0 Å². The van der Waals surface area contributed by atoms with E-state index in [0.29, 0.717) is 18.3 Å². The third-order valence-corrected chi connectivity index (χ3v) is 4.55. The van der Waals surface area contributed by atoms with E-state index in [-0.39, 0.29) is 5.41 Å². The molecule has 1 aliphatic rings. The zero-order chi connectivity index (χ0) is 17.4. The molecule has 1 heterocycles. The highest BCUT2D eigenvalue weighted by Crippen LogP contribution is 2.28. The average Bonchev–Trinajstić information content (AvgIpc) is 3.20. The van der Waals surface area contributed by atoms with Gasteiger partial charge in [0.25, 0.3) is 0 Å². The number of rotatable bonds is 7. The van der Waals surface area contributed by atoms with Gasteiger partial charge in [0.05, 0.1) is 6.54 Å². The van der Waals surface area contributed by atoms with Crippen molar-refractivity contribution in [2.75, 3.05) is 13.6 Å². The van der Waals surface area contributed by atoms with E-state index in [4.69, 9.17) is 4.52 Å². The summed E-state index contributed by atoms with van der Waals surface area (Å²) >= 11 is 0. The minimum atomic E-state index is -0.121. The Morgan fingerprint density at radius 1 is 1.21 bits per heavy atom. The van der Waals surface area contributed by atoms with Crippen molar-refractivity contribution < 1.29 is 4.52 Å². The maximum absolute atomic E-state index is 5.30. The molecule has 0 unspecified atom stereocenters. The Labute approximate surface area is 145 Å². The van der Waals surface area contributed by atoms with Crippen LogP contribution in [0.4, 0.5) is 0 Å². The number of aliphatic imine (C=N–C) groups is 1. The fourth-order valence-corrected chi connectivity index (χ4v) is 3.08. The molecule has 0 saturated heterocycles. The second-order valence-corrected chi connectivity index (χ2v) is 7.76. The second kappa shape index (κ2) is 9.04. The molecule has 1 aromatic heterocycles. The molecule has 1 aliphatic carbocycles. The number of aromatic nitrogens is 2. The first-order chi connectivity index (χ1) is 11.5. The smallest absolute Gasteiger partial charge is 0.232 e. The Bertz CT molecular complexity index is 512. The molecule has 1 aromatic rings. The Balaban J connectivity index is 1.62. The lowest BCUT2D eigenvalue weighted by Gasteiger charge is -2.12. The van der Waals surface area contributed by atoms with Gasteiger partial charge in [0.1, 0.15) is 0 Å². The maximum Gasteiger partial charge on any atom is 0.232 e. The number of nitrogens with zero attached hydrogens (tertiary/aromatic N) is 3. The number of hydrogen-bond donors (Lipinski definition) is 2. The predicted octanol–water partition coefficient (Wildman–Crippen LogP) is 3.39. The van der Waals surface area contributed by atoms with Crippen LogP contribution in [0.3, 0.4) is 0 Å². The molecule has 0 spiro atoms. The van der Waals surface area contributed by atoms with Gasteiger partial charge in [0.15, 0.2) is 11.8 Å². The molecule has 0 aliphatic heterocycles. The van der Waals surface area contributed by atoms with Gasteiger partial charge in [-0.05, 0) is 12.3 Å². The van der Waals surface area contributed by atoms with E-state index < -0.39 is 0 Å². The highest BCUT2D eigenvalue weighted by atomic mass is 16.5. The Kier molecular flexibility index (Phi) is 7.06. The van der Waals surface area contributed by atoms with Gasteiger partial charge >= 0.3 is 0 Å². The van der Waals surface area contributed by atoms with Crippen LogP contribution in [0.25, 0.3) is 0 Å². The van der Waals surface area contributed by atoms with Crippen molar-refractivity contribution in [3.05, 3.63) is 11.7 Å². The molecule has 1 fully saturated rings. The predicted molar refractivity (Wildman–Crippen MR) is 97.0 cm³/mol. The summed E-state index contributed by atoms with van der Waals surface area (Å²) in [6.07, 6.45) is 9.63. The molecule has 0 aromatic carbocycles. The summed E-state index contributed by atoms with van der Waals surface area (Å²) < 4.78 is 5.30. The van der Waals surface area contributed by atoms with Crippen LogP contribution in [0.1, 0.15) is 77.4 Å². The fourth-order valence-electron chi connectivity index (χ4n) is 3.08. The topological polar surface area (TPSA) is 75.3 Å². The molecule has 0 radical (unpaired) electrons. The van der Waals surface area contributed by atoms with Crippen LogP contribution in [0, 0.1) is 5.92 Å². The monoisotopic (exact) mass is 335 g/mol. The van der Waals surface area contributed by atoms with E-state index in [1.165, 1.54) is 44.9 Å². The van der Waals surface area contributed by atoms with Crippen molar-refractivity contribution in [3.8, 4) is 0 Å². The number of unbranched alkanes of at least 4 members (excludes halogenated alkanes) is 1. The van der Waals surface area contributed by atoms with Crippen molar-refractivity contribution in [1.82, 2.24) is 20.8 Å². The molecule has 0 atom stereocenters. The Hall–Kier alpha value is -1.59. The van der Waals surface area contributed by atoms with Gasteiger partial charge in [-0.25, -0.2) is 0 Å². The van der Waals surface area contributed by atoms with E-state index in [1.807, 2.05) is 0 Å². The van der Waals surface area contributed by atoms with Gasteiger partial charge in [0, 0.05) is 19.0 Å². The lowest BCUT2D eigenvalue weighted by molar-refractivity contribution is 0.318. The van der Waals surface area contributed by atoms with Gasteiger partial charge < -0.3 is 15.2 Å². The molecule has 6 heteroatoms. The van der Waals surface area contributed by atoms with Crippen molar-refractivity contribution in [2.24, 2.45) is 10.9 Å². The van der Waals surface area contributed by atoms with Crippen LogP contribution in [-0.4, -0.2) is 29.7 Å². The standard InChI is InChI=1S/C18H33N5O/c1-18(2,3)16-22-15(23-24-16)13-21-17(19-4)20-12-8-7-11-14-9-5-6-10-14/h14H,5-13H2,1-4H3,(H2,19,20,21). The number of nitrogens with one attached hydrogen (secondary N) is 2. The second-order valence-electron chi connectivity index (χ2n) is 7.76. The average molecular weight is 335 g/mol. The highest BCUT2D eigenvalue weighted by molar-refractivity contribution is 5.79. The first-order valence-corrected chi connectivity index (χ1v) is 9.26. The van der Waals surface area contributed by atoms with E-state index >= 15 is 0 Å². The molecular weight excluding hydrogens is 302 g/mol. The minimum Gasteiger partial charge on any atom is -0.356 e. The first-order valence-electron chi connectivity index (χ1n) is 9.26.